The van der Waals surface area contributed by atoms with E-state index in [4.69, 9.17) is 0 Å². The first-order valence-electron chi connectivity index (χ1n) is 9.45. The number of rotatable bonds is 4. The van der Waals surface area contributed by atoms with Crippen LogP contribution in [0.3, 0.4) is 0 Å². The highest BCUT2D eigenvalue weighted by atomic mass is 16.2. The molecule has 1 fully saturated rings. The number of H-pyrrole nitrogens is 1. The van der Waals surface area contributed by atoms with E-state index < -0.39 is 0 Å². The fourth-order valence-electron chi connectivity index (χ4n) is 3.99. The molecule has 6 heteroatoms. The molecule has 27 heavy (non-hydrogen) atoms. The van der Waals surface area contributed by atoms with Crippen LogP contribution in [0.5, 0.6) is 0 Å². The Balaban J connectivity index is 1.53. The fourth-order valence-corrected chi connectivity index (χ4v) is 3.99. The summed E-state index contributed by atoms with van der Waals surface area (Å²) >= 11 is 0. The van der Waals surface area contributed by atoms with Gasteiger partial charge < -0.3 is 4.90 Å². The smallest absolute Gasteiger partial charge is 0.274 e. The first-order valence-corrected chi connectivity index (χ1v) is 9.45. The number of hydrogen-bond acceptors (Lipinski definition) is 3. The van der Waals surface area contributed by atoms with Gasteiger partial charge in [-0.15, -0.1) is 0 Å². The number of likely N-dealkylation sites (tertiary alicyclic amines) is 1. The molecule has 1 aliphatic heterocycles. The van der Waals surface area contributed by atoms with Gasteiger partial charge in [0, 0.05) is 12.2 Å². The van der Waals surface area contributed by atoms with Crippen molar-refractivity contribution in [1.82, 2.24) is 24.9 Å². The molecule has 6 nitrogen and oxygen atoms in total. The number of carbonyl (C=O) groups is 1. The second-order valence-electron chi connectivity index (χ2n) is 7.38. The van der Waals surface area contributed by atoms with Gasteiger partial charge in [-0.25, -0.2) is 0 Å². The number of benzene rings is 1. The van der Waals surface area contributed by atoms with Crippen molar-refractivity contribution in [1.29, 1.82) is 0 Å². The molecule has 0 spiro atoms. The molecule has 2 aromatic heterocycles. The Morgan fingerprint density at radius 1 is 1.22 bits per heavy atom. The highest BCUT2D eigenvalue weighted by Gasteiger charge is 2.32. The molecule has 1 saturated heterocycles. The summed E-state index contributed by atoms with van der Waals surface area (Å²) < 4.78 is 1.92. The first-order chi connectivity index (χ1) is 13.0. The van der Waals surface area contributed by atoms with Crippen LogP contribution in [-0.2, 0) is 6.54 Å². The van der Waals surface area contributed by atoms with Crippen LogP contribution in [-0.4, -0.2) is 37.3 Å². The highest BCUT2D eigenvalue weighted by Crippen LogP contribution is 2.34. The van der Waals surface area contributed by atoms with E-state index in [1.807, 2.05) is 47.7 Å². The van der Waals surface area contributed by atoms with E-state index in [1.165, 1.54) is 11.1 Å². The van der Waals surface area contributed by atoms with E-state index in [9.17, 15) is 4.79 Å². The van der Waals surface area contributed by atoms with E-state index in [1.54, 1.807) is 0 Å². The van der Waals surface area contributed by atoms with Gasteiger partial charge in [0.15, 0.2) is 0 Å². The molecule has 3 heterocycles. The zero-order valence-electron chi connectivity index (χ0n) is 16.1. The van der Waals surface area contributed by atoms with Crippen LogP contribution in [0, 0.1) is 20.8 Å². The lowest BCUT2D eigenvalue weighted by atomic mass is 9.99. The number of amides is 1. The van der Waals surface area contributed by atoms with Gasteiger partial charge in [0.2, 0.25) is 0 Å². The Bertz CT molecular complexity index is 971. The Labute approximate surface area is 159 Å². The summed E-state index contributed by atoms with van der Waals surface area (Å²) in [5.41, 5.74) is 5.91. The predicted octanol–water partition coefficient (Wildman–Crippen LogP) is 3.56. The fraction of sp³-hybridized carbons (Fsp3) is 0.381. The molecule has 1 amide bonds. The first kappa shape index (κ1) is 17.5. The van der Waals surface area contributed by atoms with Gasteiger partial charge >= 0.3 is 0 Å². The van der Waals surface area contributed by atoms with Crippen molar-refractivity contribution in [2.75, 3.05) is 6.54 Å². The number of carbonyl (C=O) groups excluding carboxylic acids is 1. The van der Waals surface area contributed by atoms with Crippen LogP contribution in [0.4, 0.5) is 0 Å². The topological polar surface area (TPSA) is 66.8 Å². The van der Waals surface area contributed by atoms with Gasteiger partial charge in [-0.2, -0.15) is 10.2 Å². The standard InChI is InChI=1S/C21H25N5O/c1-14-7-4-5-8-18(14)20-9-6-10-25(20)21(27)19-12-17(22-23-19)13-26-16(3)11-15(2)24-26/h4-5,7-8,11-12,20H,6,9-10,13H2,1-3H3,(H,22,23)/t20-/m1/s1. The number of aromatic nitrogens is 4. The van der Waals surface area contributed by atoms with Crippen LogP contribution in [0.25, 0.3) is 0 Å². The summed E-state index contributed by atoms with van der Waals surface area (Å²) in [7, 11) is 0. The van der Waals surface area contributed by atoms with Gasteiger partial charge in [-0.3, -0.25) is 14.6 Å². The summed E-state index contributed by atoms with van der Waals surface area (Å²) in [6, 6.07) is 12.4. The van der Waals surface area contributed by atoms with Gasteiger partial charge in [-0.1, -0.05) is 24.3 Å². The van der Waals surface area contributed by atoms with Crippen LogP contribution in [0.2, 0.25) is 0 Å². The lowest BCUT2D eigenvalue weighted by Crippen LogP contribution is -2.31. The minimum atomic E-state index is -0.00313. The Hall–Kier alpha value is -2.89. The average molecular weight is 363 g/mol. The van der Waals surface area contributed by atoms with E-state index in [0.717, 1.165) is 36.5 Å². The summed E-state index contributed by atoms with van der Waals surface area (Å²) in [5, 5.41) is 11.8. The number of aryl methyl sites for hydroxylation is 3. The van der Waals surface area contributed by atoms with Crippen LogP contribution in [0.1, 0.15) is 57.6 Å². The molecule has 3 aromatic rings. The van der Waals surface area contributed by atoms with Gasteiger partial charge in [0.1, 0.15) is 5.69 Å². The molecular formula is C21H25N5O. The van der Waals surface area contributed by atoms with E-state index in [0.29, 0.717) is 12.2 Å². The monoisotopic (exact) mass is 363 g/mol. The van der Waals surface area contributed by atoms with E-state index in [2.05, 4.69) is 34.4 Å². The summed E-state index contributed by atoms with van der Waals surface area (Å²) in [5.74, 6) is -0.00313. The van der Waals surface area contributed by atoms with Crippen molar-refractivity contribution in [3.05, 3.63) is 70.3 Å². The number of nitrogens with one attached hydrogen (secondary N) is 1. The maximum atomic E-state index is 13.1. The Morgan fingerprint density at radius 3 is 2.78 bits per heavy atom. The molecular weight excluding hydrogens is 338 g/mol. The summed E-state index contributed by atoms with van der Waals surface area (Å²) in [4.78, 5) is 15.1. The molecule has 1 N–H and O–H groups in total. The lowest BCUT2D eigenvalue weighted by Gasteiger charge is -2.25. The van der Waals surface area contributed by atoms with Crippen molar-refractivity contribution < 1.29 is 4.79 Å². The van der Waals surface area contributed by atoms with E-state index in [-0.39, 0.29) is 11.9 Å². The molecule has 1 aromatic carbocycles. The molecule has 140 valence electrons. The second-order valence-corrected chi connectivity index (χ2v) is 7.38. The predicted molar refractivity (Wildman–Crippen MR) is 104 cm³/mol. The summed E-state index contributed by atoms with van der Waals surface area (Å²) in [6.07, 6.45) is 2.02. The molecule has 1 aliphatic rings. The average Bonchev–Trinajstić information content (AvgIpc) is 3.36. The van der Waals surface area contributed by atoms with Crippen molar-refractivity contribution >= 4 is 5.91 Å². The largest absolute Gasteiger partial charge is 0.330 e. The zero-order chi connectivity index (χ0) is 19.0. The van der Waals surface area contributed by atoms with Crippen LogP contribution in [0.15, 0.2) is 36.4 Å². The van der Waals surface area contributed by atoms with Crippen molar-refractivity contribution in [2.45, 2.75) is 46.2 Å². The number of hydrogen-bond donors (Lipinski definition) is 1. The third kappa shape index (κ3) is 3.39. The van der Waals surface area contributed by atoms with Gasteiger partial charge in [0.25, 0.3) is 5.91 Å². The third-order valence-electron chi connectivity index (χ3n) is 5.33. The van der Waals surface area contributed by atoms with Gasteiger partial charge in [0.05, 0.1) is 24.0 Å². The Morgan fingerprint density at radius 2 is 2.04 bits per heavy atom. The van der Waals surface area contributed by atoms with Gasteiger partial charge in [-0.05, 0) is 56.9 Å². The van der Waals surface area contributed by atoms with E-state index >= 15 is 0 Å². The van der Waals surface area contributed by atoms with Crippen molar-refractivity contribution in [3.8, 4) is 0 Å². The van der Waals surface area contributed by atoms with Crippen molar-refractivity contribution in [3.63, 3.8) is 0 Å². The third-order valence-corrected chi connectivity index (χ3v) is 5.33. The zero-order valence-corrected chi connectivity index (χ0v) is 16.1. The molecule has 0 saturated carbocycles. The molecule has 0 radical (unpaired) electrons. The second kappa shape index (κ2) is 7.02. The number of nitrogens with zero attached hydrogens (tertiary/aromatic N) is 4. The summed E-state index contributed by atoms with van der Waals surface area (Å²) in [6.45, 7) is 7.47. The molecule has 0 bridgehead atoms. The normalized spacial score (nSPS) is 16.9. The van der Waals surface area contributed by atoms with Crippen LogP contribution < -0.4 is 0 Å². The minimum absolute atomic E-state index is 0.00313. The molecule has 1 atom stereocenters. The Kier molecular flexibility index (Phi) is 4.56. The molecule has 0 aliphatic carbocycles. The lowest BCUT2D eigenvalue weighted by molar-refractivity contribution is 0.0729. The molecule has 0 unspecified atom stereocenters. The highest BCUT2D eigenvalue weighted by molar-refractivity contribution is 5.93. The SMILES string of the molecule is Cc1cc(C)n(Cc2cc(C(=O)N3CCC[C@@H]3c3ccccc3C)n[nH]2)n1. The van der Waals surface area contributed by atoms with Crippen molar-refractivity contribution in [2.24, 2.45) is 0 Å². The van der Waals surface area contributed by atoms with Crippen LogP contribution >= 0.6 is 0 Å². The maximum absolute atomic E-state index is 13.1. The number of aromatic amines is 1. The molecule has 4 rings (SSSR count). The maximum Gasteiger partial charge on any atom is 0.274 e. The minimum Gasteiger partial charge on any atom is -0.330 e. The quantitative estimate of drug-likeness (QED) is 0.771.